The molecule has 0 radical (unpaired) electrons. The molecular weight excluding hydrogens is 280 g/mol. The Morgan fingerprint density at radius 2 is 2.29 bits per heavy atom. The average molecular weight is 295 g/mol. The van der Waals surface area contributed by atoms with E-state index in [0.29, 0.717) is 11.6 Å². The van der Waals surface area contributed by atoms with E-state index in [-0.39, 0.29) is 5.88 Å². The van der Waals surface area contributed by atoms with E-state index in [1.54, 1.807) is 6.20 Å². The van der Waals surface area contributed by atoms with Crippen LogP contribution < -0.4 is 10.1 Å². The molecule has 0 bridgehead atoms. The minimum Gasteiger partial charge on any atom is -0.415 e. The number of alkyl halides is 2. The van der Waals surface area contributed by atoms with Gasteiger partial charge in [-0.3, -0.25) is 10.1 Å². The second-order valence-corrected chi connectivity index (χ2v) is 4.06. The Bertz CT molecular complexity index is 627. The number of rotatable bonds is 6. The van der Waals surface area contributed by atoms with Gasteiger partial charge in [0.15, 0.2) is 0 Å². The quantitative estimate of drug-likeness (QED) is 0.856. The van der Waals surface area contributed by atoms with Crippen molar-refractivity contribution in [2.75, 3.05) is 5.32 Å². The molecule has 2 aromatic rings. The maximum atomic E-state index is 12.0. The minimum absolute atomic E-state index is 0.193. The predicted octanol–water partition coefficient (Wildman–Crippen LogP) is 3.14. The summed E-state index contributed by atoms with van der Waals surface area (Å²) < 4.78 is 28.3. The van der Waals surface area contributed by atoms with Gasteiger partial charge in [0.1, 0.15) is 11.6 Å². The van der Waals surface area contributed by atoms with Crippen LogP contribution in [0, 0.1) is 0 Å². The van der Waals surface area contributed by atoms with Crippen LogP contribution in [0.5, 0.6) is 5.88 Å². The van der Waals surface area contributed by atoms with Crippen LogP contribution in [-0.4, -0.2) is 26.8 Å². The number of ether oxygens (including phenoxy) is 1. The van der Waals surface area contributed by atoms with Crippen LogP contribution >= 0.6 is 0 Å². The summed E-state index contributed by atoms with van der Waals surface area (Å²) >= 11 is 0. The maximum absolute atomic E-state index is 12.0. The lowest BCUT2D eigenvalue weighted by molar-refractivity contribution is -0.0528. The number of halogens is 2. The number of allylic oxidation sites excluding steroid dienone is 1. The Kier molecular flexibility index (Phi) is 4.81. The zero-order valence-corrected chi connectivity index (χ0v) is 11.6. The molecule has 0 unspecified atom stereocenters. The Balaban J connectivity index is 2.14. The Morgan fingerprint density at radius 3 is 2.95 bits per heavy atom. The van der Waals surface area contributed by atoms with Crippen molar-refractivity contribution in [1.82, 2.24) is 20.2 Å². The van der Waals surface area contributed by atoms with Crippen molar-refractivity contribution in [1.29, 1.82) is 0 Å². The van der Waals surface area contributed by atoms with E-state index >= 15 is 0 Å². The fourth-order valence-electron chi connectivity index (χ4n) is 1.71. The van der Waals surface area contributed by atoms with Gasteiger partial charge >= 0.3 is 6.61 Å². The van der Waals surface area contributed by atoms with Gasteiger partial charge in [0.2, 0.25) is 5.88 Å². The number of aryl methyl sites for hydroxylation is 1. The fourth-order valence-corrected chi connectivity index (χ4v) is 1.71. The lowest BCUT2D eigenvalue weighted by Crippen LogP contribution is -2.02. The van der Waals surface area contributed by atoms with Crippen LogP contribution in [0.2, 0.25) is 0 Å². The molecule has 0 amide bonds. The van der Waals surface area contributed by atoms with Crippen LogP contribution in [0.1, 0.15) is 25.2 Å². The van der Waals surface area contributed by atoms with E-state index in [9.17, 15) is 8.78 Å². The highest BCUT2D eigenvalue weighted by atomic mass is 19.3. The average Bonchev–Trinajstić information content (AvgIpc) is 2.87. The molecular formula is C13H15F2N5O. The fraction of sp³-hybridized carbons (Fsp3) is 0.308. The molecule has 0 saturated carbocycles. The Morgan fingerprint density at radius 1 is 1.48 bits per heavy atom. The van der Waals surface area contributed by atoms with E-state index in [1.165, 1.54) is 6.07 Å². The molecule has 2 heterocycles. The van der Waals surface area contributed by atoms with Gasteiger partial charge in [0.05, 0.1) is 17.6 Å². The summed E-state index contributed by atoms with van der Waals surface area (Å²) in [5.74, 6) is 0.690. The van der Waals surface area contributed by atoms with Gasteiger partial charge in [-0.25, -0.2) is 4.98 Å². The number of nitrogens with zero attached hydrogens (tertiary/aromatic N) is 3. The van der Waals surface area contributed by atoms with E-state index in [4.69, 9.17) is 0 Å². The summed E-state index contributed by atoms with van der Waals surface area (Å²) in [7, 11) is 0. The smallest absolute Gasteiger partial charge is 0.388 e. The van der Waals surface area contributed by atoms with Gasteiger partial charge in [-0.1, -0.05) is 13.0 Å². The third kappa shape index (κ3) is 3.98. The zero-order chi connectivity index (χ0) is 15.2. The molecule has 8 heteroatoms. The van der Waals surface area contributed by atoms with Crippen LogP contribution in [0.3, 0.4) is 0 Å². The van der Waals surface area contributed by atoms with Crippen LogP contribution in [0.25, 0.3) is 6.08 Å². The first-order chi connectivity index (χ1) is 10.1. The number of hydrogen-bond acceptors (Lipinski definition) is 5. The van der Waals surface area contributed by atoms with Crippen LogP contribution in [0.15, 0.2) is 18.3 Å². The number of aromatic amines is 1. The van der Waals surface area contributed by atoms with E-state index < -0.39 is 6.61 Å². The monoisotopic (exact) mass is 295 g/mol. The molecule has 0 aliphatic carbocycles. The molecule has 21 heavy (non-hydrogen) atoms. The molecule has 0 spiro atoms. The van der Waals surface area contributed by atoms with E-state index in [0.717, 1.165) is 17.8 Å². The van der Waals surface area contributed by atoms with Crippen molar-refractivity contribution in [3.05, 3.63) is 29.7 Å². The summed E-state index contributed by atoms with van der Waals surface area (Å²) in [6.07, 6.45) is 6.05. The van der Waals surface area contributed by atoms with Gasteiger partial charge < -0.3 is 10.1 Å². The normalized spacial score (nSPS) is 11.3. The van der Waals surface area contributed by atoms with Crippen LogP contribution in [0.4, 0.5) is 20.4 Å². The molecule has 0 aliphatic rings. The summed E-state index contributed by atoms with van der Waals surface area (Å²) in [6, 6.07) is 1.32. The molecule has 2 aromatic heterocycles. The number of nitrogens with one attached hydrogen (secondary N) is 2. The van der Waals surface area contributed by atoms with Crippen molar-refractivity contribution < 1.29 is 13.5 Å². The predicted molar refractivity (Wildman–Crippen MR) is 74.6 cm³/mol. The summed E-state index contributed by atoms with van der Waals surface area (Å²) in [5, 5.41) is 9.03. The highest BCUT2D eigenvalue weighted by molar-refractivity contribution is 5.54. The lowest BCUT2D eigenvalue weighted by atomic mass is 10.2. The lowest BCUT2D eigenvalue weighted by Gasteiger charge is -2.06. The van der Waals surface area contributed by atoms with Gasteiger partial charge in [0, 0.05) is 6.07 Å². The first-order valence-electron chi connectivity index (χ1n) is 6.38. The highest BCUT2D eigenvalue weighted by Crippen LogP contribution is 2.19. The minimum atomic E-state index is -2.91. The van der Waals surface area contributed by atoms with Crippen LogP contribution in [-0.2, 0) is 6.42 Å². The van der Waals surface area contributed by atoms with Crippen molar-refractivity contribution in [2.45, 2.75) is 26.9 Å². The third-order valence-corrected chi connectivity index (χ3v) is 2.56. The van der Waals surface area contributed by atoms with Gasteiger partial charge in [-0.2, -0.15) is 8.78 Å². The van der Waals surface area contributed by atoms with Crippen molar-refractivity contribution in [3.8, 4) is 5.88 Å². The van der Waals surface area contributed by atoms with Gasteiger partial charge in [-0.15, -0.1) is 5.10 Å². The topological polar surface area (TPSA) is 75.7 Å². The van der Waals surface area contributed by atoms with Gasteiger partial charge in [0.25, 0.3) is 0 Å². The molecule has 0 atom stereocenters. The van der Waals surface area contributed by atoms with Gasteiger partial charge in [-0.05, 0) is 19.4 Å². The summed E-state index contributed by atoms with van der Waals surface area (Å²) in [6.45, 7) is 0.973. The van der Waals surface area contributed by atoms with Crippen molar-refractivity contribution in [2.24, 2.45) is 0 Å². The number of H-pyrrole nitrogens is 1. The number of anilines is 2. The highest BCUT2D eigenvalue weighted by Gasteiger charge is 2.09. The molecule has 112 valence electrons. The number of aromatic nitrogens is 4. The molecule has 0 aromatic carbocycles. The molecule has 2 N–H and O–H groups in total. The van der Waals surface area contributed by atoms with E-state index in [1.807, 2.05) is 26.0 Å². The standard InChI is InChI=1S/C13H15F2N5O/c1-3-5-9-8(4-2)17-11(7-16-9)18-10-6-12(20-19-10)21-13(14)15/h3,5-7,13H,4H2,1-2H3,(H2,17,18,19,20)/b5-3-. The van der Waals surface area contributed by atoms with Crippen molar-refractivity contribution in [3.63, 3.8) is 0 Å². The van der Waals surface area contributed by atoms with E-state index in [2.05, 4.69) is 30.2 Å². The Labute approximate surface area is 120 Å². The molecule has 0 fully saturated rings. The zero-order valence-electron chi connectivity index (χ0n) is 11.6. The molecule has 0 saturated heterocycles. The number of hydrogen-bond donors (Lipinski definition) is 2. The largest absolute Gasteiger partial charge is 0.415 e. The Hall–Kier alpha value is -2.51. The first kappa shape index (κ1) is 14.9. The molecule has 0 aliphatic heterocycles. The van der Waals surface area contributed by atoms with Crippen molar-refractivity contribution >= 4 is 17.7 Å². The SMILES string of the molecule is C/C=C\c1ncc(Nc2cc(OC(F)F)n[nH]2)nc1CC. The second-order valence-electron chi connectivity index (χ2n) is 4.06. The first-order valence-corrected chi connectivity index (χ1v) is 6.38. The molecule has 2 rings (SSSR count). The third-order valence-electron chi connectivity index (χ3n) is 2.56. The maximum Gasteiger partial charge on any atom is 0.388 e. The summed E-state index contributed by atoms with van der Waals surface area (Å²) in [4.78, 5) is 8.71. The second kappa shape index (κ2) is 6.78. The molecule has 6 nitrogen and oxygen atoms in total. The summed E-state index contributed by atoms with van der Waals surface area (Å²) in [5.41, 5.74) is 1.64.